The van der Waals surface area contributed by atoms with Crippen LogP contribution in [-0.4, -0.2) is 36.6 Å². The molecule has 5 nitrogen and oxygen atoms in total. The van der Waals surface area contributed by atoms with Gasteiger partial charge in [-0.2, -0.15) is 0 Å². The molecule has 1 unspecified atom stereocenters. The number of Topliss-reactive ketones (excluding diaryl/α,β-unsaturated/α-hetero) is 2. The first kappa shape index (κ1) is 13.6. The predicted molar refractivity (Wildman–Crippen MR) is 80.2 cm³/mol. The van der Waals surface area contributed by atoms with Gasteiger partial charge in [0.15, 0.2) is 17.6 Å². The predicted octanol–water partition coefficient (Wildman–Crippen LogP) is 0.125. The third-order valence-corrected chi connectivity index (χ3v) is 5.80. The minimum Gasteiger partial charge on any atom is -0.343 e. The van der Waals surface area contributed by atoms with E-state index in [4.69, 9.17) is 9.47 Å². The summed E-state index contributed by atoms with van der Waals surface area (Å²) in [4.78, 5) is 26.4. The summed E-state index contributed by atoms with van der Waals surface area (Å²) in [6, 6.07) is 7.88. The molecule has 0 aliphatic carbocycles. The van der Waals surface area contributed by atoms with Gasteiger partial charge in [0.1, 0.15) is 6.04 Å². The highest BCUT2D eigenvalue weighted by Crippen LogP contribution is 2.46. The smallest absolute Gasteiger partial charge is 0.218 e. The Labute approximate surface area is 133 Å². The lowest BCUT2D eigenvalue weighted by molar-refractivity contribution is -0.885. The van der Waals surface area contributed by atoms with Gasteiger partial charge in [-0.15, -0.1) is 0 Å². The third kappa shape index (κ3) is 1.67. The van der Waals surface area contributed by atoms with E-state index in [0.717, 1.165) is 16.0 Å². The van der Waals surface area contributed by atoms with E-state index in [-0.39, 0.29) is 41.6 Å². The molecule has 0 spiro atoms. The Morgan fingerprint density at radius 1 is 1.30 bits per heavy atom. The minimum absolute atomic E-state index is 0.0000954. The molecular weight excluding hydrogens is 294 g/mol. The highest BCUT2D eigenvalue weighted by molar-refractivity contribution is 5.90. The Balaban J connectivity index is 1.70. The van der Waals surface area contributed by atoms with Gasteiger partial charge in [-0.1, -0.05) is 24.3 Å². The van der Waals surface area contributed by atoms with Crippen LogP contribution in [0.15, 0.2) is 30.5 Å². The summed E-state index contributed by atoms with van der Waals surface area (Å²) in [6.07, 6.45) is 3.22. The molecule has 0 radical (unpaired) electrons. The number of fused-ring (bicyclic) bond motifs is 8. The number of ketones is 2. The number of nitrogens with one attached hydrogen (secondary N) is 1. The lowest BCUT2D eigenvalue weighted by atomic mass is 9.76. The number of benzene rings is 1. The minimum atomic E-state index is -0.744. The number of carbonyl (C=O) groups is 2. The normalized spacial score (nSPS) is 43.0. The Bertz CT molecular complexity index is 742. The lowest BCUT2D eigenvalue weighted by Crippen LogP contribution is -3.11. The molecule has 0 saturated carbocycles. The van der Waals surface area contributed by atoms with E-state index in [1.165, 1.54) is 0 Å². The van der Waals surface area contributed by atoms with Gasteiger partial charge in [0, 0.05) is 12.5 Å². The standard InChI is InChI=1S/C18H17NO4/c1-9(20)15-13-12-8-22-18(23-12)17(21)14(13)16-11-5-3-2-4-10(11)6-7-19(15)16/h2-7,12-16,18H,8H2,1H3/p+1/t12-,13-,14-,15+,16+,18-/m1/s1. The summed E-state index contributed by atoms with van der Waals surface area (Å²) >= 11 is 0. The summed E-state index contributed by atoms with van der Waals surface area (Å²) in [6.45, 7) is 2.03. The van der Waals surface area contributed by atoms with Gasteiger partial charge >= 0.3 is 0 Å². The summed E-state index contributed by atoms with van der Waals surface area (Å²) in [7, 11) is 0. The van der Waals surface area contributed by atoms with Crippen molar-refractivity contribution in [2.24, 2.45) is 11.8 Å². The summed E-state index contributed by atoms with van der Waals surface area (Å²) in [5.74, 6) is -0.200. The van der Waals surface area contributed by atoms with E-state index in [9.17, 15) is 9.59 Å². The molecule has 7 atom stereocenters. The van der Waals surface area contributed by atoms with Crippen LogP contribution in [0.1, 0.15) is 24.1 Å². The van der Waals surface area contributed by atoms with Crippen molar-refractivity contribution in [2.45, 2.75) is 31.4 Å². The van der Waals surface area contributed by atoms with Crippen LogP contribution in [0.25, 0.3) is 6.08 Å². The molecule has 0 aromatic heterocycles. The Morgan fingerprint density at radius 3 is 2.96 bits per heavy atom. The van der Waals surface area contributed by atoms with E-state index >= 15 is 0 Å². The van der Waals surface area contributed by atoms with Gasteiger partial charge in [-0.05, 0) is 11.6 Å². The van der Waals surface area contributed by atoms with Crippen molar-refractivity contribution < 1.29 is 24.0 Å². The SMILES string of the molecule is CC(=O)[C@H]1[C@H]2[C@@H](C(=O)[C@@H]3OC[C@H]2O3)[C@@H]2c3ccccc3C=C[NH+]12. The zero-order chi connectivity index (χ0) is 15.7. The van der Waals surface area contributed by atoms with Crippen molar-refractivity contribution in [3.8, 4) is 0 Å². The van der Waals surface area contributed by atoms with Crippen molar-refractivity contribution >= 4 is 17.6 Å². The first-order valence-corrected chi connectivity index (χ1v) is 8.12. The summed E-state index contributed by atoms with van der Waals surface area (Å²) < 4.78 is 11.2. The summed E-state index contributed by atoms with van der Waals surface area (Å²) in [5.41, 5.74) is 2.29. The van der Waals surface area contributed by atoms with Gasteiger partial charge in [0.05, 0.1) is 30.7 Å². The Kier molecular flexibility index (Phi) is 2.72. The van der Waals surface area contributed by atoms with E-state index in [0.29, 0.717) is 6.61 Å². The maximum atomic E-state index is 12.9. The molecule has 3 fully saturated rings. The van der Waals surface area contributed by atoms with Crippen LogP contribution in [0.3, 0.4) is 0 Å². The second-order valence-corrected chi connectivity index (χ2v) is 6.87. The van der Waals surface area contributed by atoms with Crippen LogP contribution in [0.4, 0.5) is 0 Å². The van der Waals surface area contributed by atoms with E-state index in [1.54, 1.807) is 6.92 Å². The second kappa shape index (κ2) is 4.60. The molecule has 4 aliphatic rings. The average molecular weight is 312 g/mol. The van der Waals surface area contributed by atoms with Crippen molar-refractivity contribution in [1.82, 2.24) is 0 Å². The molecule has 5 rings (SSSR count). The highest BCUT2D eigenvalue weighted by Gasteiger charge is 2.66. The zero-order valence-electron chi connectivity index (χ0n) is 12.8. The van der Waals surface area contributed by atoms with Crippen molar-refractivity contribution in [3.05, 3.63) is 41.6 Å². The summed E-state index contributed by atoms with van der Waals surface area (Å²) in [5, 5.41) is 0. The van der Waals surface area contributed by atoms with Crippen LogP contribution in [-0.2, 0) is 19.1 Å². The molecule has 3 saturated heterocycles. The molecule has 1 aromatic carbocycles. The van der Waals surface area contributed by atoms with E-state index in [1.807, 2.05) is 12.1 Å². The first-order chi connectivity index (χ1) is 11.2. The average Bonchev–Trinajstić information content (AvgIpc) is 3.13. The fourth-order valence-corrected chi connectivity index (χ4v) is 5.00. The zero-order valence-corrected chi connectivity index (χ0v) is 12.8. The highest BCUT2D eigenvalue weighted by atomic mass is 16.7. The van der Waals surface area contributed by atoms with Crippen molar-refractivity contribution in [1.29, 1.82) is 0 Å². The third-order valence-electron chi connectivity index (χ3n) is 5.80. The Hall–Kier alpha value is -1.82. The van der Waals surface area contributed by atoms with Crippen LogP contribution in [0.2, 0.25) is 0 Å². The molecule has 5 heteroatoms. The lowest BCUT2D eigenvalue weighted by Gasteiger charge is -2.30. The number of hydrogen-bond acceptors (Lipinski definition) is 4. The van der Waals surface area contributed by atoms with Gasteiger partial charge in [0.25, 0.3) is 0 Å². The van der Waals surface area contributed by atoms with E-state index < -0.39 is 6.29 Å². The molecule has 23 heavy (non-hydrogen) atoms. The second-order valence-electron chi connectivity index (χ2n) is 6.87. The number of carbonyl (C=O) groups excluding carboxylic acids is 2. The fourth-order valence-electron chi connectivity index (χ4n) is 5.00. The first-order valence-electron chi connectivity index (χ1n) is 8.12. The molecular formula is C18H18NO4+. The van der Waals surface area contributed by atoms with Crippen molar-refractivity contribution in [2.75, 3.05) is 6.61 Å². The maximum absolute atomic E-state index is 12.9. The Morgan fingerprint density at radius 2 is 2.13 bits per heavy atom. The monoisotopic (exact) mass is 312 g/mol. The molecule has 4 aliphatic heterocycles. The largest absolute Gasteiger partial charge is 0.343 e. The molecule has 2 bridgehead atoms. The topological polar surface area (TPSA) is 57.0 Å². The number of ether oxygens (including phenoxy) is 2. The number of hydrogen-bond donors (Lipinski definition) is 1. The molecule has 4 heterocycles. The van der Waals surface area contributed by atoms with Crippen LogP contribution < -0.4 is 4.90 Å². The maximum Gasteiger partial charge on any atom is 0.218 e. The number of quaternary nitrogens is 1. The molecule has 1 N–H and O–H groups in total. The van der Waals surface area contributed by atoms with Gasteiger partial charge < -0.3 is 9.47 Å². The van der Waals surface area contributed by atoms with Gasteiger partial charge in [0.2, 0.25) is 6.29 Å². The number of rotatable bonds is 1. The van der Waals surface area contributed by atoms with Crippen LogP contribution in [0.5, 0.6) is 0 Å². The quantitative estimate of drug-likeness (QED) is 0.800. The van der Waals surface area contributed by atoms with Crippen LogP contribution in [0, 0.1) is 11.8 Å². The van der Waals surface area contributed by atoms with E-state index in [2.05, 4.69) is 24.4 Å². The van der Waals surface area contributed by atoms with Gasteiger partial charge in [-0.3, -0.25) is 14.5 Å². The van der Waals surface area contributed by atoms with Gasteiger partial charge in [-0.25, -0.2) is 0 Å². The van der Waals surface area contributed by atoms with Crippen molar-refractivity contribution in [3.63, 3.8) is 0 Å². The molecule has 1 aromatic rings. The molecule has 0 amide bonds. The fraction of sp³-hybridized carbons (Fsp3) is 0.444. The van der Waals surface area contributed by atoms with Crippen LogP contribution >= 0.6 is 0 Å². The molecule has 118 valence electrons.